The summed E-state index contributed by atoms with van der Waals surface area (Å²) in [5.74, 6) is -0.287. The first-order valence-corrected chi connectivity index (χ1v) is 12.2. The lowest BCUT2D eigenvalue weighted by atomic mass is 10.3. The number of rotatable bonds is 9. The molecule has 0 saturated carbocycles. The van der Waals surface area contributed by atoms with Gasteiger partial charge >= 0.3 is 0 Å². The molecular weight excluding hydrogens is 488 g/mol. The van der Waals surface area contributed by atoms with Gasteiger partial charge in [-0.25, -0.2) is 15.0 Å². The average molecular weight is 505 g/mol. The molecule has 0 aliphatic rings. The Morgan fingerprint density at radius 2 is 2.03 bits per heavy atom. The van der Waals surface area contributed by atoms with Crippen LogP contribution in [-0.4, -0.2) is 38.2 Å². The highest BCUT2D eigenvalue weighted by Gasteiger charge is 2.17. The molecule has 8 nitrogen and oxygen atoms in total. The van der Waals surface area contributed by atoms with E-state index in [9.17, 15) is 4.79 Å². The number of nitrogens with zero attached hydrogens (tertiary/aromatic N) is 4. The number of methoxy groups -OCH3 is 1. The standard InChI is InChI=1S/C20H17ClN6O2S3/c1-29-9-13-10-30-17(25-13)8-22-19(28)18-15(31-14-4-2-12(21)3-5-14)6-7-16(26-18)32-20-23-11-24-27-20/h2-7,10-11H,8-9H2,1H3,(H,22,28)(H,23,24,27). The predicted octanol–water partition coefficient (Wildman–Crippen LogP) is 4.69. The minimum Gasteiger partial charge on any atom is -0.378 e. The first-order valence-electron chi connectivity index (χ1n) is 9.29. The number of hydrogen-bond acceptors (Lipinski definition) is 9. The molecule has 4 aromatic rings. The van der Waals surface area contributed by atoms with Crippen LogP contribution in [0, 0.1) is 0 Å². The van der Waals surface area contributed by atoms with Gasteiger partial charge < -0.3 is 10.1 Å². The highest BCUT2D eigenvalue weighted by atomic mass is 35.5. The number of pyridine rings is 1. The third kappa shape index (κ3) is 6.08. The van der Waals surface area contributed by atoms with Gasteiger partial charge in [0.2, 0.25) is 0 Å². The maximum Gasteiger partial charge on any atom is 0.271 e. The number of halogens is 1. The van der Waals surface area contributed by atoms with Crippen LogP contribution in [0.1, 0.15) is 21.2 Å². The second-order valence-electron chi connectivity index (χ2n) is 6.29. The van der Waals surface area contributed by atoms with Gasteiger partial charge in [0.15, 0.2) is 5.16 Å². The Bertz CT molecular complexity index is 1180. The number of amides is 1. The molecule has 3 heterocycles. The molecule has 0 radical (unpaired) electrons. The van der Waals surface area contributed by atoms with Gasteiger partial charge in [0.05, 0.1) is 18.8 Å². The molecule has 0 aliphatic carbocycles. The summed E-state index contributed by atoms with van der Waals surface area (Å²) in [6.45, 7) is 0.744. The van der Waals surface area contributed by atoms with Crippen molar-refractivity contribution in [3.8, 4) is 0 Å². The quantitative estimate of drug-likeness (QED) is 0.338. The molecule has 0 aliphatic heterocycles. The molecule has 12 heteroatoms. The highest BCUT2D eigenvalue weighted by molar-refractivity contribution is 7.99. The maximum absolute atomic E-state index is 13.1. The molecule has 3 aromatic heterocycles. The van der Waals surface area contributed by atoms with Crippen LogP contribution >= 0.6 is 46.5 Å². The Morgan fingerprint density at radius 3 is 2.78 bits per heavy atom. The van der Waals surface area contributed by atoms with Crippen LogP contribution in [0.2, 0.25) is 5.02 Å². The van der Waals surface area contributed by atoms with E-state index in [2.05, 4.69) is 30.5 Å². The predicted molar refractivity (Wildman–Crippen MR) is 124 cm³/mol. The van der Waals surface area contributed by atoms with Crippen molar-refractivity contribution in [1.29, 1.82) is 0 Å². The van der Waals surface area contributed by atoms with Gasteiger partial charge in [-0.05, 0) is 48.2 Å². The molecule has 164 valence electrons. The molecule has 0 spiro atoms. The zero-order valence-corrected chi connectivity index (χ0v) is 19.9. The molecule has 0 bridgehead atoms. The van der Waals surface area contributed by atoms with Crippen LogP contribution in [-0.2, 0) is 17.9 Å². The van der Waals surface area contributed by atoms with E-state index in [0.717, 1.165) is 20.5 Å². The lowest BCUT2D eigenvalue weighted by Crippen LogP contribution is -2.24. The van der Waals surface area contributed by atoms with Crippen molar-refractivity contribution in [3.05, 3.63) is 69.5 Å². The third-order valence-corrected chi connectivity index (χ3v) is 7.01. The number of H-pyrrole nitrogens is 1. The van der Waals surface area contributed by atoms with E-state index < -0.39 is 0 Å². The Kier molecular flexibility index (Phi) is 7.76. The van der Waals surface area contributed by atoms with E-state index in [1.165, 1.54) is 41.2 Å². The molecule has 0 fully saturated rings. The summed E-state index contributed by atoms with van der Waals surface area (Å²) in [5.41, 5.74) is 1.16. The maximum atomic E-state index is 13.1. The zero-order chi connectivity index (χ0) is 22.3. The number of carbonyl (C=O) groups is 1. The molecule has 1 aromatic carbocycles. The number of aromatic amines is 1. The summed E-state index contributed by atoms with van der Waals surface area (Å²) < 4.78 is 5.09. The van der Waals surface area contributed by atoms with E-state index >= 15 is 0 Å². The van der Waals surface area contributed by atoms with Crippen LogP contribution in [0.3, 0.4) is 0 Å². The van der Waals surface area contributed by atoms with Gasteiger partial charge in [0, 0.05) is 27.3 Å². The van der Waals surface area contributed by atoms with Crippen LogP contribution in [0.25, 0.3) is 0 Å². The molecule has 0 unspecified atom stereocenters. The van der Waals surface area contributed by atoms with Gasteiger partial charge in [-0.2, -0.15) is 5.10 Å². The van der Waals surface area contributed by atoms with E-state index in [1.54, 1.807) is 7.11 Å². The number of hydrogen-bond donors (Lipinski definition) is 2. The van der Waals surface area contributed by atoms with Gasteiger partial charge in [-0.3, -0.25) is 9.89 Å². The summed E-state index contributed by atoms with van der Waals surface area (Å²) in [7, 11) is 1.62. The van der Waals surface area contributed by atoms with Crippen molar-refractivity contribution in [1.82, 2.24) is 30.5 Å². The second kappa shape index (κ2) is 10.9. The summed E-state index contributed by atoms with van der Waals surface area (Å²) in [5, 5.41) is 14.1. The smallest absolute Gasteiger partial charge is 0.271 e. The normalized spacial score (nSPS) is 10.9. The van der Waals surface area contributed by atoms with Gasteiger partial charge in [0.25, 0.3) is 5.91 Å². The Balaban J connectivity index is 1.54. The first kappa shape index (κ1) is 22.7. The number of ether oxygens (including phenoxy) is 1. The van der Waals surface area contributed by atoms with Crippen LogP contribution in [0.4, 0.5) is 0 Å². The van der Waals surface area contributed by atoms with Crippen molar-refractivity contribution in [2.45, 2.75) is 33.1 Å². The largest absolute Gasteiger partial charge is 0.378 e. The Hall–Kier alpha value is -2.44. The number of thiazole rings is 1. The average Bonchev–Trinajstić information content (AvgIpc) is 3.47. The van der Waals surface area contributed by atoms with Gasteiger partial charge in [-0.15, -0.1) is 11.3 Å². The molecule has 0 atom stereocenters. The zero-order valence-electron chi connectivity index (χ0n) is 16.7. The number of nitrogens with one attached hydrogen (secondary N) is 2. The van der Waals surface area contributed by atoms with Gasteiger partial charge in [0.1, 0.15) is 22.1 Å². The second-order valence-corrected chi connectivity index (χ2v) is 9.80. The summed E-state index contributed by atoms with van der Waals surface area (Å²) in [4.78, 5) is 27.9. The van der Waals surface area contributed by atoms with Crippen LogP contribution in [0.5, 0.6) is 0 Å². The lowest BCUT2D eigenvalue weighted by Gasteiger charge is -2.10. The van der Waals surface area contributed by atoms with Crippen molar-refractivity contribution in [3.63, 3.8) is 0 Å². The fourth-order valence-electron chi connectivity index (χ4n) is 2.59. The van der Waals surface area contributed by atoms with E-state index in [0.29, 0.717) is 34.1 Å². The Labute approximate surface area is 201 Å². The molecule has 1 amide bonds. The molecule has 2 N–H and O–H groups in total. The van der Waals surface area contributed by atoms with Crippen molar-refractivity contribution >= 4 is 52.4 Å². The summed E-state index contributed by atoms with van der Waals surface area (Å²) in [6.07, 6.45) is 1.42. The topological polar surface area (TPSA) is 106 Å². The van der Waals surface area contributed by atoms with Crippen molar-refractivity contribution < 1.29 is 9.53 Å². The van der Waals surface area contributed by atoms with Crippen molar-refractivity contribution in [2.24, 2.45) is 0 Å². The highest BCUT2D eigenvalue weighted by Crippen LogP contribution is 2.33. The number of carbonyl (C=O) groups excluding carboxylic acids is 1. The molecule has 32 heavy (non-hydrogen) atoms. The Morgan fingerprint density at radius 1 is 1.19 bits per heavy atom. The molecule has 4 rings (SSSR count). The third-order valence-electron chi connectivity index (χ3n) is 3.98. The summed E-state index contributed by atoms with van der Waals surface area (Å²) in [6, 6.07) is 11.1. The minimum absolute atomic E-state index is 0.287. The summed E-state index contributed by atoms with van der Waals surface area (Å²) >= 11 is 10.2. The van der Waals surface area contributed by atoms with Crippen LogP contribution < -0.4 is 5.32 Å². The van der Waals surface area contributed by atoms with E-state index in [1.807, 2.05) is 41.8 Å². The fraction of sp³-hybridized carbons (Fsp3) is 0.150. The molecular formula is C20H17ClN6O2S3. The first-order chi connectivity index (χ1) is 15.6. The number of benzene rings is 1. The van der Waals surface area contributed by atoms with E-state index in [-0.39, 0.29) is 5.91 Å². The molecule has 0 saturated heterocycles. The number of aromatic nitrogens is 5. The van der Waals surface area contributed by atoms with Crippen molar-refractivity contribution in [2.75, 3.05) is 7.11 Å². The van der Waals surface area contributed by atoms with Gasteiger partial charge in [-0.1, -0.05) is 23.4 Å². The lowest BCUT2D eigenvalue weighted by molar-refractivity contribution is 0.0942. The SMILES string of the molecule is COCc1csc(CNC(=O)c2nc(Sc3ncn[nH]3)ccc2Sc2ccc(Cl)cc2)n1. The van der Waals surface area contributed by atoms with E-state index in [4.69, 9.17) is 16.3 Å². The minimum atomic E-state index is -0.287. The fourth-order valence-corrected chi connectivity index (χ4v) is 5.00. The van der Waals surface area contributed by atoms with Crippen LogP contribution in [0.15, 0.2) is 68.1 Å². The monoisotopic (exact) mass is 504 g/mol.